The highest BCUT2D eigenvalue weighted by molar-refractivity contribution is 7.12. The minimum atomic E-state index is -0.714. The summed E-state index contributed by atoms with van der Waals surface area (Å²) in [5.74, 6) is 0.272. The van der Waals surface area contributed by atoms with Crippen LogP contribution in [0.1, 0.15) is 21.1 Å². The summed E-state index contributed by atoms with van der Waals surface area (Å²) < 4.78 is 1.90. The molecule has 5 rings (SSSR count). The van der Waals surface area contributed by atoms with Gasteiger partial charge in [-0.15, -0.1) is 21.5 Å². The van der Waals surface area contributed by atoms with Gasteiger partial charge in [0, 0.05) is 42.7 Å². The first kappa shape index (κ1) is 20.9. The first-order chi connectivity index (χ1) is 16.2. The summed E-state index contributed by atoms with van der Waals surface area (Å²) in [4.78, 5) is 29.6. The zero-order valence-electron chi connectivity index (χ0n) is 17.7. The number of benzene rings is 1. The van der Waals surface area contributed by atoms with E-state index >= 15 is 0 Å². The molecule has 1 atom stereocenters. The van der Waals surface area contributed by atoms with Crippen molar-refractivity contribution < 1.29 is 9.59 Å². The summed E-state index contributed by atoms with van der Waals surface area (Å²) in [6, 6.07) is 16.5. The Balaban J connectivity index is 1.30. The normalized spacial score (nSPS) is 12.1. The molecule has 1 aromatic carbocycles. The maximum absolute atomic E-state index is 13.1. The van der Waals surface area contributed by atoms with E-state index in [9.17, 15) is 9.59 Å². The van der Waals surface area contributed by atoms with E-state index in [-0.39, 0.29) is 11.8 Å². The molecule has 0 bridgehead atoms. The third-order valence-corrected chi connectivity index (χ3v) is 6.37. The van der Waals surface area contributed by atoms with Crippen molar-refractivity contribution in [3.05, 3.63) is 88.6 Å². The quantitative estimate of drug-likeness (QED) is 0.333. The second-order valence-corrected chi connectivity index (χ2v) is 8.60. The van der Waals surface area contributed by atoms with Crippen molar-refractivity contribution in [3.63, 3.8) is 0 Å². The van der Waals surface area contributed by atoms with Gasteiger partial charge in [-0.3, -0.25) is 14.0 Å². The van der Waals surface area contributed by atoms with Crippen LogP contribution in [0.2, 0.25) is 0 Å². The average Bonchev–Trinajstić information content (AvgIpc) is 3.59. The zero-order chi connectivity index (χ0) is 22.6. The molecule has 0 radical (unpaired) electrons. The van der Waals surface area contributed by atoms with Crippen molar-refractivity contribution in [2.45, 2.75) is 18.9 Å². The van der Waals surface area contributed by atoms with Gasteiger partial charge in [0.05, 0.1) is 4.88 Å². The Labute approximate surface area is 193 Å². The van der Waals surface area contributed by atoms with Crippen LogP contribution in [-0.4, -0.2) is 44.0 Å². The third-order valence-electron chi connectivity index (χ3n) is 5.50. The molecule has 4 aromatic heterocycles. The van der Waals surface area contributed by atoms with Gasteiger partial charge in [-0.05, 0) is 35.2 Å². The summed E-state index contributed by atoms with van der Waals surface area (Å²) in [5.41, 5.74) is 2.73. The van der Waals surface area contributed by atoms with E-state index in [4.69, 9.17) is 0 Å². The fraction of sp³-hybridized carbons (Fsp3) is 0.167. The molecule has 0 aliphatic heterocycles. The lowest BCUT2D eigenvalue weighted by molar-refractivity contribution is -0.122. The number of hydrogen-bond acceptors (Lipinski definition) is 5. The van der Waals surface area contributed by atoms with Crippen LogP contribution in [0.3, 0.4) is 0 Å². The standard InChI is InChI=1S/C24H22N6O2S/c31-23(25-11-10-22-29-28-21-9-3-4-12-30(21)22)19(27-24(32)20-8-5-13-33-20)14-16-15-26-18-7-2-1-6-17(16)18/h1-9,12-13,15,19,26H,10-11,14H2,(H,25,31)(H,27,32)/t19-/m0/s1. The van der Waals surface area contributed by atoms with Gasteiger partial charge in [-0.1, -0.05) is 30.3 Å². The van der Waals surface area contributed by atoms with Crippen LogP contribution in [0.15, 0.2) is 72.4 Å². The molecule has 0 unspecified atom stereocenters. The maximum atomic E-state index is 13.1. The number of pyridine rings is 1. The van der Waals surface area contributed by atoms with Crippen molar-refractivity contribution in [1.29, 1.82) is 0 Å². The zero-order valence-corrected chi connectivity index (χ0v) is 18.5. The van der Waals surface area contributed by atoms with E-state index in [0.717, 1.165) is 27.9 Å². The van der Waals surface area contributed by atoms with Crippen molar-refractivity contribution in [1.82, 2.24) is 30.2 Å². The first-order valence-electron chi connectivity index (χ1n) is 10.6. The number of aromatic amines is 1. The summed E-state index contributed by atoms with van der Waals surface area (Å²) in [6.07, 6.45) is 4.69. The highest BCUT2D eigenvalue weighted by atomic mass is 32.1. The monoisotopic (exact) mass is 458 g/mol. The summed E-state index contributed by atoms with van der Waals surface area (Å²) >= 11 is 1.34. The van der Waals surface area contributed by atoms with E-state index in [1.165, 1.54) is 11.3 Å². The number of carbonyl (C=O) groups excluding carboxylic acids is 2. The van der Waals surface area contributed by atoms with Crippen molar-refractivity contribution in [2.24, 2.45) is 0 Å². The van der Waals surface area contributed by atoms with E-state index in [1.54, 1.807) is 6.07 Å². The van der Waals surface area contributed by atoms with Crippen molar-refractivity contribution in [3.8, 4) is 0 Å². The van der Waals surface area contributed by atoms with Crippen LogP contribution in [-0.2, 0) is 17.6 Å². The SMILES string of the molecule is O=C(N[C@@H](Cc1c[nH]c2ccccc12)C(=O)NCCc1nnc2ccccn12)c1cccs1. The van der Waals surface area contributed by atoms with Crippen LogP contribution in [0.25, 0.3) is 16.6 Å². The molecule has 0 spiro atoms. The molecule has 166 valence electrons. The molecule has 9 heteroatoms. The summed E-state index contributed by atoms with van der Waals surface area (Å²) in [6.45, 7) is 0.383. The number of hydrogen-bond donors (Lipinski definition) is 3. The number of nitrogens with zero attached hydrogens (tertiary/aromatic N) is 3. The molecule has 5 aromatic rings. The molecule has 8 nitrogen and oxygen atoms in total. The van der Waals surface area contributed by atoms with Crippen molar-refractivity contribution in [2.75, 3.05) is 6.54 Å². The Kier molecular flexibility index (Phi) is 5.86. The highest BCUT2D eigenvalue weighted by Crippen LogP contribution is 2.19. The van der Waals surface area contributed by atoms with Gasteiger partial charge in [0.15, 0.2) is 5.65 Å². The highest BCUT2D eigenvalue weighted by Gasteiger charge is 2.23. The fourth-order valence-electron chi connectivity index (χ4n) is 3.85. The minimum absolute atomic E-state index is 0.237. The Hall–Kier alpha value is -3.98. The number of aromatic nitrogens is 4. The summed E-state index contributed by atoms with van der Waals surface area (Å²) in [5, 5.41) is 17.1. The average molecular weight is 459 g/mol. The first-order valence-corrected chi connectivity index (χ1v) is 11.5. The maximum Gasteiger partial charge on any atom is 0.262 e. The molecule has 4 heterocycles. The summed E-state index contributed by atoms with van der Waals surface area (Å²) in [7, 11) is 0. The molecular formula is C24H22N6O2S. The molecule has 0 fully saturated rings. The van der Waals surface area contributed by atoms with Crippen molar-refractivity contribution >= 4 is 39.7 Å². The molecule has 33 heavy (non-hydrogen) atoms. The molecule has 0 aliphatic rings. The molecule has 0 aliphatic carbocycles. The largest absolute Gasteiger partial charge is 0.361 e. The number of thiophene rings is 1. The fourth-order valence-corrected chi connectivity index (χ4v) is 4.48. The van der Waals surface area contributed by atoms with Crippen LogP contribution >= 0.6 is 11.3 Å². The Morgan fingerprint density at radius 3 is 2.82 bits per heavy atom. The molecular weight excluding hydrogens is 436 g/mol. The minimum Gasteiger partial charge on any atom is -0.361 e. The molecule has 0 saturated heterocycles. The van der Waals surface area contributed by atoms with Crippen LogP contribution in [0.4, 0.5) is 0 Å². The van der Waals surface area contributed by atoms with Crippen LogP contribution in [0.5, 0.6) is 0 Å². The van der Waals surface area contributed by atoms with Gasteiger partial charge in [0.2, 0.25) is 5.91 Å². The van der Waals surface area contributed by atoms with Gasteiger partial charge < -0.3 is 15.6 Å². The number of amides is 2. The smallest absolute Gasteiger partial charge is 0.262 e. The van der Waals surface area contributed by atoms with Gasteiger partial charge in [0.1, 0.15) is 11.9 Å². The molecule has 0 saturated carbocycles. The van der Waals surface area contributed by atoms with E-state index in [1.807, 2.05) is 70.7 Å². The van der Waals surface area contributed by atoms with Gasteiger partial charge >= 0.3 is 0 Å². The second kappa shape index (κ2) is 9.25. The third kappa shape index (κ3) is 4.49. The van der Waals surface area contributed by atoms with Gasteiger partial charge in [0.25, 0.3) is 5.91 Å². The van der Waals surface area contributed by atoms with E-state index in [2.05, 4.69) is 25.8 Å². The lowest BCUT2D eigenvalue weighted by Crippen LogP contribution is -2.48. The van der Waals surface area contributed by atoms with E-state index < -0.39 is 6.04 Å². The van der Waals surface area contributed by atoms with Gasteiger partial charge in [-0.2, -0.15) is 0 Å². The topological polar surface area (TPSA) is 104 Å². The number of carbonyl (C=O) groups is 2. The Morgan fingerprint density at radius 1 is 1.06 bits per heavy atom. The number of rotatable bonds is 8. The molecule has 2 amide bonds. The Bertz CT molecular complexity index is 1400. The Morgan fingerprint density at radius 2 is 1.94 bits per heavy atom. The lowest BCUT2D eigenvalue weighted by Gasteiger charge is -2.18. The predicted octanol–water partition coefficient (Wildman–Crippen LogP) is 2.97. The number of para-hydroxylation sites is 1. The van der Waals surface area contributed by atoms with Gasteiger partial charge in [-0.25, -0.2) is 0 Å². The lowest BCUT2D eigenvalue weighted by atomic mass is 10.0. The van der Waals surface area contributed by atoms with Crippen LogP contribution in [0, 0.1) is 0 Å². The molecule has 3 N–H and O–H groups in total. The number of fused-ring (bicyclic) bond motifs is 2. The second-order valence-electron chi connectivity index (χ2n) is 7.65. The number of H-pyrrole nitrogens is 1. The van der Waals surface area contributed by atoms with E-state index in [0.29, 0.717) is 24.3 Å². The predicted molar refractivity (Wildman–Crippen MR) is 127 cm³/mol. The number of nitrogens with one attached hydrogen (secondary N) is 3. The van der Waals surface area contributed by atoms with Crippen LogP contribution < -0.4 is 10.6 Å².